The minimum Gasteiger partial charge on any atom is -0.359 e. The van der Waals surface area contributed by atoms with Gasteiger partial charge in [0, 0.05) is 32.6 Å². The second-order valence-electron chi connectivity index (χ2n) is 4.76. The standard InChI is InChI=1S/C16H22N4O2.C2H6/c1-6-12(3)10-14-13(7-2)16(18-19(14)5)20(11-21)9-8-15(22)17-4;1-2/h6-7,10-11H,1-2,8-9H2,3-5H3,(H,17,22);1-2H3/b12-10-;. The Morgan fingerprint density at radius 1 is 1.38 bits per heavy atom. The zero-order valence-electron chi connectivity index (χ0n) is 15.3. The van der Waals surface area contributed by atoms with E-state index in [0.29, 0.717) is 12.2 Å². The van der Waals surface area contributed by atoms with Crippen molar-refractivity contribution < 1.29 is 9.59 Å². The van der Waals surface area contributed by atoms with Crippen LogP contribution in [0.15, 0.2) is 24.8 Å². The Balaban J connectivity index is 0.00000254. The van der Waals surface area contributed by atoms with Crippen LogP contribution in [0.1, 0.15) is 38.4 Å². The molecular formula is C18H28N4O2. The first kappa shape index (κ1) is 21.4. The van der Waals surface area contributed by atoms with E-state index in [0.717, 1.165) is 16.8 Å². The smallest absolute Gasteiger partial charge is 0.221 e. The van der Waals surface area contributed by atoms with Crippen LogP contribution in [-0.4, -0.2) is 35.7 Å². The van der Waals surface area contributed by atoms with E-state index in [9.17, 15) is 9.59 Å². The highest BCUT2D eigenvalue weighted by Crippen LogP contribution is 2.25. The fourth-order valence-corrected chi connectivity index (χ4v) is 1.95. The molecule has 6 heteroatoms. The van der Waals surface area contributed by atoms with E-state index >= 15 is 0 Å². The molecule has 2 amide bonds. The Morgan fingerprint density at radius 3 is 2.46 bits per heavy atom. The molecule has 1 N–H and O–H groups in total. The first-order valence-electron chi connectivity index (χ1n) is 7.91. The van der Waals surface area contributed by atoms with Gasteiger partial charge in [0.05, 0.1) is 5.69 Å². The van der Waals surface area contributed by atoms with Gasteiger partial charge >= 0.3 is 0 Å². The number of anilines is 1. The van der Waals surface area contributed by atoms with Crippen molar-refractivity contribution in [2.24, 2.45) is 7.05 Å². The molecule has 0 aromatic carbocycles. The van der Waals surface area contributed by atoms with E-state index in [1.54, 1.807) is 30.9 Å². The molecule has 132 valence electrons. The molecule has 1 rings (SSSR count). The van der Waals surface area contributed by atoms with Crippen LogP contribution in [0.25, 0.3) is 12.2 Å². The third-order valence-corrected chi connectivity index (χ3v) is 3.26. The predicted octanol–water partition coefficient (Wildman–Crippen LogP) is 2.78. The molecular weight excluding hydrogens is 304 g/mol. The van der Waals surface area contributed by atoms with Crippen molar-refractivity contribution >= 4 is 30.3 Å². The topological polar surface area (TPSA) is 67.2 Å². The van der Waals surface area contributed by atoms with Gasteiger partial charge in [0.15, 0.2) is 5.82 Å². The summed E-state index contributed by atoms with van der Waals surface area (Å²) in [6, 6.07) is 0. The molecule has 24 heavy (non-hydrogen) atoms. The van der Waals surface area contributed by atoms with Gasteiger partial charge in [0.1, 0.15) is 0 Å². The normalized spacial score (nSPS) is 10.3. The monoisotopic (exact) mass is 332 g/mol. The molecule has 1 aromatic rings. The summed E-state index contributed by atoms with van der Waals surface area (Å²) in [7, 11) is 3.35. The SMILES string of the molecule is C=C/C(C)=C\c1c(C=C)c(N(C=O)CCC(=O)NC)nn1C.CC. The third-order valence-electron chi connectivity index (χ3n) is 3.26. The Kier molecular flexibility index (Phi) is 9.79. The minimum absolute atomic E-state index is 0.134. The summed E-state index contributed by atoms with van der Waals surface area (Å²) in [6.07, 6.45) is 6.19. The summed E-state index contributed by atoms with van der Waals surface area (Å²) in [5, 5.41) is 6.90. The van der Waals surface area contributed by atoms with E-state index < -0.39 is 0 Å². The molecule has 0 aliphatic heterocycles. The first-order valence-corrected chi connectivity index (χ1v) is 7.91. The highest BCUT2D eigenvalue weighted by molar-refractivity contribution is 5.84. The zero-order chi connectivity index (χ0) is 18.7. The highest BCUT2D eigenvalue weighted by Gasteiger charge is 2.18. The Hall–Kier alpha value is -2.63. The van der Waals surface area contributed by atoms with Crippen molar-refractivity contribution in [2.45, 2.75) is 27.2 Å². The number of carbonyl (C=O) groups is 2. The zero-order valence-corrected chi connectivity index (χ0v) is 15.3. The molecule has 0 saturated carbocycles. The number of amides is 2. The number of nitrogens with one attached hydrogen (secondary N) is 1. The lowest BCUT2D eigenvalue weighted by Crippen LogP contribution is -2.29. The maximum absolute atomic E-state index is 11.4. The second kappa shape index (κ2) is 11.0. The number of carbonyl (C=O) groups excluding carboxylic acids is 2. The van der Waals surface area contributed by atoms with E-state index in [-0.39, 0.29) is 18.9 Å². The largest absolute Gasteiger partial charge is 0.359 e. The molecule has 6 nitrogen and oxygen atoms in total. The van der Waals surface area contributed by atoms with Crippen molar-refractivity contribution in [3.05, 3.63) is 36.1 Å². The fraction of sp³-hybridized carbons (Fsp3) is 0.389. The maximum Gasteiger partial charge on any atom is 0.221 e. The molecule has 0 bridgehead atoms. The lowest BCUT2D eigenvalue weighted by molar-refractivity contribution is -0.120. The van der Waals surface area contributed by atoms with Crippen molar-refractivity contribution in [1.82, 2.24) is 15.1 Å². The lowest BCUT2D eigenvalue weighted by Gasteiger charge is -2.14. The number of nitrogens with zero attached hydrogens (tertiary/aromatic N) is 3. The fourth-order valence-electron chi connectivity index (χ4n) is 1.95. The molecule has 0 atom stereocenters. The second-order valence-corrected chi connectivity index (χ2v) is 4.76. The van der Waals surface area contributed by atoms with Gasteiger partial charge < -0.3 is 5.32 Å². The van der Waals surface area contributed by atoms with Gasteiger partial charge in [-0.2, -0.15) is 5.10 Å². The minimum atomic E-state index is -0.134. The van der Waals surface area contributed by atoms with Crippen molar-refractivity contribution in [3.63, 3.8) is 0 Å². The van der Waals surface area contributed by atoms with Crippen LogP contribution in [0.3, 0.4) is 0 Å². The predicted molar refractivity (Wildman–Crippen MR) is 101 cm³/mol. The maximum atomic E-state index is 11.4. The number of aryl methyl sites for hydroxylation is 1. The molecule has 0 fully saturated rings. The summed E-state index contributed by atoms with van der Waals surface area (Å²) >= 11 is 0. The first-order chi connectivity index (χ1) is 11.5. The third kappa shape index (κ3) is 5.53. The van der Waals surface area contributed by atoms with Gasteiger partial charge in [-0.1, -0.05) is 39.2 Å². The quantitative estimate of drug-likeness (QED) is 0.588. The number of rotatable bonds is 8. The summed E-state index contributed by atoms with van der Waals surface area (Å²) in [4.78, 5) is 24.1. The van der Waals surface area contributed by atoms with E-state index in [4.69, 9.17) is 0 Å². The molecule has 0 unspecified atom stereocenters. The van der Waals surface area contributed by atoms with E-state index in [1.807, 2.05) is 26.8 Å². The van der Waals surface area contributed by atoms with Crippen LogP contribution < -0.4 is 10.2 Å². The highest BCUT2D eigenvalue weighted by atomic mass is 16.2. The van der Waals surface area contributed by atoms with Crippen molar-refractivity contribution in [3.8, 4) is 0 Å². The van der Waals surface area contributed by atoms with Crippen molar-refractivity contribution in [1.29, 1.82) is 0 Å². The van der Waals surface area contributed by atoms with Gasteiger partial charge in [-0.25, -0.2) is 0 Å². The van der Waals surface area contributed by atoms with Crippen LogP contribution in [0, 0.1) is 0 Å². The lowest BCUT2D eigenvalue weighted by atomic mass is 10.1. The summed E-state index contributed by atoms with van der Waals surface area (Å²) < 4.78 is 1.68. The molecule has 0 aliphatic carbocycles. The summed E-state index contributed by atoms with van der Waals surface area (Å²) in [6.45, 7) is 13.7. The van der Waals surface area contributed by atoms with Crippen LogP contribution in [0.2, 0.25) is 0 Å². The summed E-state index contributed by atoms with van der Waals surface area (Å²) in [5.74, 6) is 0.352. The Labute approximate surface area is 144 Å². The number of aromatic nitrogens is 2. The molecule has 0 saturated heterocycles. The molecule has 0 aliphatic rings. The van der Waals surface area contributed by atoms with Crippen LogP contribution in [0.5, 0.6) is 0 Å². The molecule has 0 radical (unpaired) electrons. The Morgan fingerprint density at radius 2 is 2.00 bits per heavy atom. The van der Waals surface area contributed by atoms with Gasteiger partial charge in [0.2, 0.25) is 12.3 Å². The van der Waals surface area contributed by atoms with E-state index in [2.05, 4.69) is 23.6 Å². The number of hydrogen-bond acceptors (Lipinski definition) is 3. The van der Waals surface area contributed by atoms with Crippen LogP contribution in [0.4, 0.5) is 5.82 Å². The van der Waals surface area contributed by atoms with Crippen LogP contribution in [-0.2, 0) is 16.6 Å². The molecule has 1 heterocycles. The number of allylic oxidation sites excluding steroid dienone is 2. The average molecular weight is 332 g/mol. The van der Waals surface area contributed by atoms with Gasteiger partial charge in [-0.3, -0.25) is 19.2 Å². The van der Waals surface area contributed by atoms with Crippen LogP contribution >= 0.6 is 0 Å². The number of hydrogen-bond donors (Lipinski definition) is 1. The molecule has 0 spiro atoms. The van der Waals surface area contributed by atoms with Gasteiger partial charge in [0.25, 0.3) is 0 Å². The van der Waals surface area contributed by atoms with E-state index in [1.165, 1.54) is 4.90 Å². The summed E-state index contributed by atoms with van der Waals surface area (Å²) in [5.41, 5.74) is 2.54. The van der Waals surface area contributed by atoms with Gasteiger partial charge in [-0.15, -0.1) is 0 Å². The molecule has 1 aromatic heterocycles. The van der Waals surface area contributed by atoms with Gasteiger partial charge in [-0.05, 0) is 18.6 Å². The van der Waals surface area contributed by atoms with Crippen molar-refractivity contribution in [2.75, 3.05) is 18.5 Å². The average Bonchev–Trinajstić information content (AvgIpc) is 2.92. The Bertz CT molecular complexity index is 615.